The Morgan fingerprint density at radius 3 is 1.81 bits per heavy atom. The third-order valence-corrected chi connectivity index (χ3v) is 7.97. The van der Waals surface area contributed by atoms with Gasteiger partial charge in [0.05, 0.1) is 30.0 Å². The minimum Gasteiger partial charge on any atom is -0.393 e. The highest BCUT2D eigenvalue weighted by Crippen LogP contribution is 2.56. The number of aldehydes is 2. The lowest BCUT2D eigenvalue weighted by Gasteiger charge is -2.61. The molecule has 1 saturated heterocycles. The molecule has 27 heavy (non-hydrogen) atoms. The van der Waals surface area contributed by atoms with E-state index in [0.29, 0.717) is 57.8 Å². The van der Waals surface area contributed by atoms with Crippen molar-refractivity contribution in [1.29, 1.82) is 0 Å². The summed E-state index contributed by atoms with van der Waals surface area (Å²) in [5, 5.41) is 32.5. The summed E-state index contributed by atoms with van der Waals surface area (Å²) in [5.41, 5.74) is -1.03. The van der Waals surface area contributed by atoms with Crippen LogP contribution in [-0.2, 0) is 14.3 Å². The van der Waals surface area contributed by atoms with Gasteiger partial charge in [0.25, 0.3) is 0 Å². The zero-order valence-corrected chi connectivity index (χ0v) is 15.8. The molecule has 9 unspecified atom stereocenters. The van der Waals surface area contributed by atoms with E-state index >= 15 is 0 Å². The minimum absolute atomic E-state index is 0.0994. The normalized spacial score (nSPS) is 53.1. The van der Waals surface area contributed by atoms with Crippen molar-refractivity contribution in [2.45, 2.75) is 87.8 Å². The van der Waals surface area contributed by atoms with Crippen LogP contribution in [0.4, 0.5) is 0 Å². The summed E-state index contributed by atoms with van der Waals surface area (Å²) < 4.78 is 6.31. The van der Waals surface area contributed by atoms with Crippen LogP contribution >= 0.6 is 0 Å². The van der Waals surface area contributed by atoms with Crippen LogP contribution in [0.25, 0.3) is 0 Å². The fourth-order valence-corrected chi connectivity index (χ4v) is 6.71. The molecular formula is C21H32O6. The average molecular weight is 380 g/mol. The molecule has 6 heteroatoms. The zero-order chi connectivity index (χ0) is 19.2. The summed E-state index contributed by atoms with van der Waals surface area (Å²) in [4.78, 5) is 23.2. The van der Waals surface area contributed by atoms with Crippen LogP contribution in [0.2, 0.25) is 0 Å². The van der Waals surface area contributed by atoms with E-state index in [-0.39, 0.29) is 41.8 Å². The number of aliphatic hydroxyl groups is 3. The number of aliphatic hydroxyl groups excluding tert-OH is 2. The molecule has 0 bridgehead atoms. The molecule has 3 N–H and O–H groups in total. The Labute approximate surface area is 160 Å². The molecule has 152 valence electrons. The fourth-order valence-electron chi connectivity index (χ4n) is 6.71. The van der Waals surface area contributed by atoms with Crippen LogP contribution in [0.3, 0.4) is 0 Å². The van der Waals surface area contributed by atoms with Gasteiger partial charge in [0.2, 0.25) is 0 Å². The van der Waals surface area contributed by atoms with Gasteiger partial charge in [-0.2, -0.15) is 0 Å². The van der Waals surface area contributed by atoms with Crippen molar-refractivity contribution in [1.82, 2.24) is 0 Å². The smallest absolute Gasteiger partial charge is 0.123 e. The van der Waals surface area contributed by atoms with Gasteiger partial charge in [-0.15, -0.1) is 0 Å². The van der Waals surface area contributed by atoms with Gasteiger partial charge in [0.1, 0.15) is 12.6 Å². The van der Waals surface area contributed by atoms with E-state index in [2.05, 4.69) is 0 Å². The Morgan fingerprint density at radius 2 is 1.30 bits per heavy atom. The fraction of sp³-hybridized carbons (Fsp3) is 0.905. The lowest BCUT2D eigenvalue weighted by atomic mass is 9.53. The summed E-state index contributed by atoms with van der Waals surface area (Å²) in [6.45, 7) is 0. The third-order valence-electron chi connectivity index (χ3n) is 7.97. The van der Waals surface area contributed by atoms with E-state index in [1.54, 1.807) is 0 Å². The van der Waals surface area contributed by atoms with Crippen molar-refractivity contribution in [2.24, 2.45) is 29.6 Å². The van der Waals surface area contributed by atoms with Crippen molar-refractivity contribution < 1.29 is 29.6 Å². The molecule has 4 rings (SSSR count). The van der Waals surface area contributed by atoms with Gasteiger partial charge in [-0.05, 0) is 63.7 Å². The number of fused-ring (bicyclic) bond motifs is 2. The number of rotatable bonds is 3. The lowest BCUT2D eigenvalue weighted by Crippen LogP contribution is -2.67. The Bertz CT molecular complexity index is 539. The number of hydrogen-bond donors (Lipinski definition) is 3. The lowest BCUT2D eigenvalue weighted by molar-refractivity contribution is -0.280. The first-order valence-corrected chi connectivity index (χ1v) is 10.6. The monoisotopic (exact) mass is 380 g/mol. The van der Waals surface area contributed by atoms with Crippen LogP contribution in [0.1, 0.15) is 57.8 Å². The molecule has 1 heterocycles. The van der Waals surface area contributed by atoms with Gasteiger partial charge in [-0.25, -0.2) is 0 Å². The van der Waals surface area contributed by atoms with E-state index in [4.69, 9.17) is 4.74 Å². The van der Waals surface area contributed by atoms with Gasteiger partial charge in [-0.1, -0.05) is 0 Å². The predicted octanol–water partition coefficient (Wildman–Crippen LogP) is 1.24. The van der Waals surface area contributed by atoms with Crippen molar-refractivity contribution in [3.8, 4) is 0 Å². The molecule has 1 aliphatic heterocycles. The maximum atomic E-state index is 12.2. The second-order valence-electron chi connectivity index (χ2n) is 9.36. The molecule has 0 aromatic carbocycles. The Morgan fingerprint density at radius 1 is 0.741 bits per heavy atom. The summed E-state index contributed by atoms with van der Waals surface area (Å²) in [6, 6.07) is 0. The molecule has 0 aromatic rings. The van der Waals surface area contributed by atoms with E-state index in [0.717, 1.165) is 12.6 Å². The molecule has 0 aromatic heterocycles. The average Bonchev–Trinajstić information content (AvgIpc) is 2.66. The molecular weight excluding hydrogens is 348 g/mol. The number of ether oxygens (including phenoxy) is 1. The molecule has 3 aliphatic carbocycles. The first kappa shape index (κ1) is 19.5. The number of carbonyl (C=O) groups is 2. The van der Waals surface area contributed by atoms with Gasteiger partial charge in [-0.3, -0.25) is 0 Å². The van der Waals surface area contributed by atoms with Crippen LogP contribution < -0.4 is 0 Å². The molecule has 4 fully saturated rings. The first-order valence-electron chi connectivity index (χ1n) is 10.6. The van der Waals surface area contributed by atoms with Crippen molar-refractivity contribution in [3.63, 3.8) is 0 Å². The second-order valence-corrected chi connectivity index (χ2v) is 9.36. The van der Waals surface area contributed by atoms with Gasteiger partial charge in [0.15, 0.2) is 0 Å². The van der Waals surface area contributed by atoms with Crippen molar-refractivity contribution in [2.75, 3.05) is 0 Å². The quantitative estimate of drug-likeness (QED) is 0.637. The van der Waals surface area contributed by atoms with Crippen LogP contribution in [-0.4, -0.2) is 57.9 Å². The van der Waals surface area contributed by atoms with E-state index in [9.17, 15) is 24.9 Å². The second kappa shape index (κ2) is 7.54. The van der Waals surface area contributed by atoms with Crippen molar-refractivity contribution >= 4 is 12.6 Å². The Hall–Kier alpha value is -0.820. The molecule has 6 nitrogen and oxygen atoms in total. The molecule has 9 atom stereocenters. The SMILES string of the molecule is O=CC1CCC(C2(O)C3CCC(O)CC3OC3CC(O)CCC32)C(C=O)C1. The molecule has 0 spiro atoms. The minimum atomic E-state index is -1.03. The van der Waals surface area contributed by atoms with E-state index in [1.165, 1.54) is 0 Å². The molecule has 4 aliphatic rings. The summed E-state index contributed by atoms with van der Waals surface area (Å²) in [5.74, 6) is -0.805. The molecule has 3 saturated carbocycles. The summed E-state index contributed by atoms with van der Waals surface area (Å²) >= 11 is 0. The Kier molecular flexibility index (Phi) is 5.45. The van der Waals surface area contributed by atoms with Gasteiger partial charge in [0, 0.05) is 23.7 Å². The summed E-state index contributed by atoms with van der Waals surface area (Å²) in [7, 11) is 0. The third kappa shape index (κ3) is 3.28. The topological polar surface area (TPSA) is 104 Å². The predicted molar refractivity (Wildman–Crippen MR) is 96.8 cm³/mol. The summed E-state index contributed by atoms with van der Waals surface area (Å²) in [6.07, 6.45) is 6.12. The van der Waals surface area contributed by atoms with Crippen LogP contribution in [0, 0.1) is 29.6 Å². The van der Waals surface area contributed by atoms with Crippen LogP contribution in [0.15, 0.2) is 0 Å². The largest absolute Gasteiger partial charge is 0.393 e. The van der Waals surface area contributed by atoms with Gasteiger partial charge < -0.3 is 29.6 Å². The maximum absolute atomic E-state index is 12.2. The standard InChI is InChI=1S/C21H32O6/c22-10-12-1-4-16(13(7-12)11-23)21(26)17-5-2-14(24)8-19(17)27-20-9-15(25)3-6-18(20)21/h10-20,24-26H,1-9H2. The highest BCUT2D eigenvalue weighted by molar-refractivity contribution is 5.59. The van der Waals surface area contributed by atoms with Crippen molar-refractivity contribution in [3.05, 3.63) is 0 Å². The molecule has 0 radical (unpaired) electrons. The molecule has 0 amide bonds. The first-order chi connectivity index (χ1) is 13.0. The van der Waals surface area contributed by atoms with E-state index in [1.807, 2.05) is 0 Å². The highest BCUT2D eigenvalue weighted by Gasteiger charge is 2.62. The zero-order valence-electron chi connectivity index (χ0n) is 15.8. The Balaban J connectivity index is 1.68. The van der Waals surface area contributed by atoms with Crippen LogP contribution in [0.5, 0.6) is 0 Å². The highest BCUT2D eigenvalue weighted by atomic mass is 16.5. The van der Waals surface area contributed by atoms with E-state index < -0.39 is 17.8 Å². The maximum Gasteiger partial charge on any atom is 0.123 e. The number of hydrogen-bond acceptors (Lipinski definition) is 6. The van der Waals surface area contributed by atoms with Gasteiger partial charge >= 0.3 is 0 Å². The number of carbonyl (C=O) groups excluding carboxylic acids is 2.